The summed E-state index contributed by atoms with van der Waals surface area (Å²) in [5, 5.41) is 2.20. The molecule has 0 spiro atoms. The molecular formula is C22H14BrNO3S. The highest BCUT2D eigenvalue weighted by molar-refractivity contribution is 9.11. The van der Waals surface area contributed by atoms with Crippen LogP contribution in [0.5, 0.6) is 11.5 Å². The lowest BCUT2D eigenvalue weighted by Crippen LogP contribution is -1.92. The molecule has 0 fully saturated rings. The van der Waals surface area contributed by atoms with Crippen LogP contribution < -0.4 is 9.47 Å². The van der Waals surface area contributed by atoms with Gasteiger partial charge in [-0.05, 0) is 47.1 Å². The SMILES string of the molecule is Cc1[nH]c2ccccc2c1-c1c(-c2ccc(Br)s2)oc2cc3c(cc12)OCO3. The summed E-state index contributed by atoms with van der Waals surface area (Å²) in [6.45, 7) is 2.35. The molecule has 1 N–H and O–H groups in total. The highest BCUT2D eigenvalue weighted by atomic mass is 79.9. The van der Waals surface area contributed by atoms with Crippen molar-refractivity contribution in [3.05, 3.63) is 58.0 Å². The Hall–Kier alpha value is -2.70. The van der Waals surface area contributed by atoms with Crippen molar-refractivity contribution in [3.63, 3.8) is 0 Å². The van der Waals surface area contributed by atoms with E-state index in [0.717, 1.165) is 59.2 Å². The molecule has 4 nitrogen and oxygen atoms in total. The van der Waals surface area contributed by atoms with Crippen LogP contribution in [0.1, 0.15) is 5.69 Å². The first-order chi connectivity index (χ1) is 13.7. The van der Waals surface area contributed by atoms with Gasteiger partial charge in [-0.1, -0.05) is 18.2 Å². The summed E-state index contributed by atoms with van der Waals surface area (Å²) in [6.07, 6.45) is 0. The lowest BCUT2D eigenvalue weighted by Gasteiger charge is -2.04. The smallest absolute Gasteiger partial charge is 0.231 e. The van der Waals surface area contributed by atoms with E-state index < -0.39 is 0 Å². The number of aromatic amines is 1. The van der Waals surface area contributed by atoms with Gasteiger partial charge in [-0.15, -0.1) is 11.3 Å². The maximum Gasteiger partial charge on any atom is 0.231 e. The fourth-order valence-corrected chi connectivity index (χ4v) is 5.32. The zero-order chi connectivity index (χ0) is 18.8. The number of benzene rings is 2. The third-order valence-corrected chi connectivity index (χ3v) is 6.75. The molecule has 28 heavy (non-hydrogen) atoms. The number of aryl methyl sites for hydroxylation is 1. The fourth-order valence-electron chi connectivity index (χ4n) is 3.94. The number of aromatic nitrogens is 1. The summed E-state index contributed by atoms with van der Waals surface area (Å²) in [5.74, 6) is 2.34. The van der Waals surface area contributed by atoms with Gasteiger partial charge in [0.05, 0.1) is 8.66 Å². The Labute approximate surface area is 172 Å². The van der Waals surface area contributed by atoms with E-state index >= 15 is 0 Å². The van der Waals surface area contributed by atoms with Crippen molar-refractivity contribution < 1.29 is 13.9 Å². The third kappa shape index (κ3) is 2.28. The number of fused-ring (bicyclic) bond motifs is 3. The molecule has 4 heterocycles. The summed E-state index contributed by atoms with van der Waals surface area (Å²) in [6, 6.07) is 16.5. The fraction of sp³-hybridized carbons (Fsp3) is 0.0909. The van der Waals surface area contributed by atoms with Crippen molar-refractivity contribution in [2.75, 3.05) is 6.79 Å². The van der Waals surface area contributed by atoms with Crippen LogP contribution in [0.15, 0.2) is 56.7 Å². The molecular weight excluding hydrogens is 438 g/mol. The third-order valence-electron chi connectivity index (χ3n) is 5.12. The van der Waals surface area contributed by atoms with E-state index in [1.807, 2.05) is 24.3 Å². The highest BCUT2D eigenvalue weighted by Crippen LogP contribution is 2.49. The van der Waals surface area contributed by atoms with Gasteiger partial charge in [0, 0.05) is 39.2 Å². The Bertz CT molecular complexity index is 1380. The standard InChI is InChI=1S/C22H14BrNO3S/c1-11-20(12-4-2-3-5-14(12)24-11)21-13-8-16-17(26-10-25-16)9-15(13)27-22(21)18-6-7-19(23)28-18/h2-9,24H,10H2,1H3. The van der Waals surface area contributed by atoms with Crippen LogP contribution in [0.3, 0.4) is 0 Å². The van der Waals surface area contributed by atoms with Crippen LogP contribution in [0.2, 0.25) is 0 Å². The lowest BCUT2D eigenvalue weighted by molar-refractivity contribution is 0.174. The average Bonchev–Trinajstić information content (AvgIpc) is 3.44. The Kier molecular flexibility index (Phi) is 3.43. The maximum atomic E-state index is 6.39. The van der Waals surface area contributed by atoms with Gasteiger partial charge in [0.25, 0.3) is 0 Å². The second-order valence-electron chi connectivity index (χ2n) is 6.78. The minimum Gasteiger partial charge on any atom is -0.454 e. The molecule has 1 aliphatic heterocycles. The summed E-state index contributed by atoms with van der Waals surface area (Å²) in [4.78, 5) is 4.59. The molecule has 138 valence electrons. The van der Waals surface area contributed by atoms with Crippen LogP contribution in [0.4, 0.5) is 0 Å². The number of hydrogen-bond acceptors (Lipinski definition) is 4. The summed E-state index contributed by atoms with van der Waals surface area (Å²) >= 11 is 5.23. The molecule has 2 aromatic carbocycles. The van der Waals surface area contributed by atoms with E-state index in [-0.39, 0.29) is 6.79 Å². The molecule has 0 atom stereocenters. The molecule has 0 unspecified atom stereocenters. The van der Waals surface area contributed by atoms with Crippen LogP contribution in [-0.2, 0) is 0 Å². The van der Waals surface area contributed by atoms with Gasteiger partial charge in [-0.25, -0.2) is 0 Å². The monoisotopic (exact) mass is 451 g/mol. The van der Waals surface area contributed by atoms with Crippen molar-refractivity contribution in [3.8, 4) is 33.3 Å². The first-order valence-electron chi connectivity index (χ1n) is 8.88. The number of thiophene rings is 1. The minimum atomic E-state index is 0.244. The highest BCUT2D eigenvalue weighted by Gasteiger charge is 2.26. The Morgan fingerprint density at radius 3 is 2.61 bits per heavy atom. The van der Waals surface area contributed by atoms with E-state index in [1.165, 1.54) is 5.39 Å². The maximum absolute atomic E-state index is 6.39. The largest absolute Gasteiger partial charge is 0.454 e. The topological polar surface area (TPSA) is 47.4 Å². The molecule has 6 rings (SSSR count). The van der Waals surface area contributed by atoms with Crippen LogP contribution in [-0.4, -0.2) is 11.8 Å². The van der Waals surface area contributed by atoms with E-state index in [4.69, 9.17) is 13.9 Å². The second-order valence-corrected chi connectivity index (χ2v) is 9.25. The Morgan fingerprint density at radius 2 is 1.79 bits per heavy atom. The van der Waals surface area contributed by atoms with Crippen LogP contribution in [0, 0.1) is 6.92 Å². The van der Waals surface area contributed by atoms with Crippen molar-refractivity contribution in [2.24, 2.45) is 0 Å². The van der Waals surface area contributed by atoms with Crippen LogP contribution in [0.25, 0.3) is 43.6 Å². The van der Waals surface area contributed by atoms with E-state index in [1.54, 1.807) is 11.3 Å². The van der Waals surface area contributed by atoms with Gasteiger partial charge in [0.2, 0.25) is 6.79 Å². The lowest BCUT2D eigenvalue weighted by atomic mass is 9.98. The van der Waals surface area contributed by atoms with E-state index in [0.29, 0.717) is 0 Å². The average molecular weight is 452 g/mol. The number of hydrogen-bond donors (Lipinski definition) is 1. The minimum absolute atomic E-state index is 0.244. The summed E-state index contributed by atoms with van der Waals surface area (Å²) in [5.41, 5.74) is 5.26. The van der Waals surface area contributed by atoms with Crippen molar-refractivity contribution in [1.82, 2.24) is 4.98 Å². The van der Waals surface area contributed by atoms with Gasteiger partial charge in [-0.3, -0.25) is 0 Å². The molecule has 0 saturated heterocycles. The van der Waals surface area contributed by atoms with Gasteiger partial charge in [0.15, 0.2) is 17.3 Å². The van der Waals surface area contributed by atoms with Crippen LogP contribution >= 0.6 is 27.3 Å². The molecule has 3 aromatic heterocycles. The molecule has 0 bridgehead atoms. The molecule has 1 aliphatic rings. The number of furan rings is 1. The van der Waals surface area contributed by atoms with E-state index in [2.05, 4.69) is 52.1 Å². The first-order valence-corrected chi connectivity index (χ1v) is 10.5. The normalized spacial score (nSPS) is 13.1. The number of halogens is 1. The molecule has 0 radical (unpaired) electrons. The quantitative estimate of drug-likeness (QED) is 0.311. The number of ether oxygens (including phenoxy) is 2. The molecule has 6 heteroatoms. The van der Waals surface area contributed by atoms with Crippen molar-refractivity contribution in [1.29, 1.82) is 0 Å². The Balaban J connectivity index is 1.75. The number of H-pyrrole nitrogens is 1. The number of nitrogens with one attached hydrogen (secondary N) is 1. The predicted octanol–water partition coefficient (Wildman–Crippen LogP) is 7.11. The molecule has 5 aromatic rings. The predicted molar refractivity (Wildman–Crippen MR) is 115 cm³/mol. The number of rotatable bonds is 2. The van der Waals surface area contributed by atoms with Crippen molar-refractivity contribution >= 4 is 49.1 Å². The summed E-state index contributed by atoms with van der Waals surface area (Å²) in [7, 11) is 0. The zero-order valence-electron chi connectivity index (χ0n) is 14.8. The molecule has 0 saturated carbocycles. The zero-order valence-corrected chi connectivity index (χ0v) is 17.2. The van der Waals surface area contributed by atoms with Gasteiger partial charge in [0.1, 0.15) is 5.58 Å². The second kappa shape index (κ2) is 5.90. The molecule has 0 amide bonds. The van der Waals surface area contributed by atoms with Gasteiger partial charge >= 0.3 is 0 Å². The number of para-hydroxylation sites is 1. The van der Waals surface area contributed by atoms with E-state index in [9.17, 15) is 0 Å². The first kappa shape index (κ1) is 16.3. The Morgan fingerprint density at radius 1 is 0.964 bits per heavy atom. The summed E-state index contributed by atoms with van der Waals surface area (Å²) < 4.78 is 18.7. The van der Waals surface area contributed by atoms with Gasteiger partial charge in [-0.2, -0.15) is 0 Å². The van der Waals surface area contributed by atoms with Crippen molar-refractivity contribution in [2.45, 2.75) is 6.92 Å². The molecule has 0 aliphatic carbocycles. The van der Waals surface area contributed by atoms with Gasteiger partial charge < -0.3 is 18.9 Å².